The fourth-order valence-electron chi connectivity index (χ4n) is 2.61. The number of amides is 3. The highest BCUT2D eigenvalue weighted by molar-refractivity contribution is 6.42. The first-order chi connectivity index (χ1) is 11.8. The summed E-state index contributed by atoms with van der Waals surface area (Å²) in [6, 6.07) is 4.22. The monoisotopic (exact) mass is 386 g/mol. The van der Waals surface area contributed by atoms with Crippen molar-refractivity contribution < 1.29 is 9.59 Å². The lowest BCUT2D eigenvalue weighted by Crippen LogP contribution is -2.56. The summed E-state index contributed by atoms with van der Waals surface area (Å²) in [5.41, 5.74) is 6.60. The highest BCUT2D eigenvalue weighted by atomic mass is 35.5. The molecular formula is C17H24Cl2N4O2. The minimum absolute atomic E-state index is 0.0427. The van der Waals surface area contributed by atoms with Crippen molar-refractivity contribution in [2.24, 2.45) is 11.7 Å². The van der Waals surface area contributed by atoms with Crippen molar-refractivity contribution in [1.82, 2.24) is 9.80 Å². The van der Waals surface area contributed by atoms with Gasteiger partial charge < -0.3 is 20.9 Å². The summed E-state index contributed by atoms with van der Waals surface area (Å²) in [4.78, 5) is 28.1. The lowest BCUT2D eigenvalue weighted by Gasteiger charge is -2.36. The van der Waals surface area contributed by atoms with Gasteiger partial charge in [-0.25, -0.2) is 4.79 Å². The number of benzene rings is 1. The molecule has 0 spiro atoms. The summed E-state index contributed by atoms with van der Waals surface area (Å²) >= 11 is 11.8. The molecule has 2 rings (SSSR count). The molecular weight excluding hydrogens is 363 g/mol. The average molecular weight is 387 g/mol. The fourth-order valence-corrected chi connectivity index (χ4v) is 2.91. The van der Waals surface area contributed by atoms with Gasteiger partial charge in [0, 0.05) is 31.9 Å². The Morgan fingerprint density at radius 2 is 1.76 bits per heavy atom. The fraction of sp³-hybridized carbons (Fsp3) is 0.529. The van der Waals surface area contributed by atoms with Crippen LogP contribution in [0, 0.1) is 5.92 Å². The van der Waals surface area contributed by atoms with E-state index in [1.807, 2.05) is 13.8 Å². The maximum Gasteiger partial charge on any atom is 0.321 e. The van der Waals surface area contributed by atoms with E-state index in [1.54, 1.807) is 28.0 Å². The number of rotatable bonds is 4. The van der Waals surface area contributed by atoms with Crippen LogP contribution in [0.1, 0.15) is 20.3 Å². The normalized spacial score (nSPS) is 17.2. The van der Waals surface area contributed by atoms with Crippen LogP contribution in [-0.4, -0.2) is 54.0 Å². The lowest BCUT2D eigenvalue weighted by molar-refractivity contribution is -0.135. The molecule has 1 saturated heterocycles. The second-order valence-electron chi connectivity index (χ2n) is 6.28. The van der Waals surface area contributed by atoms with E-state index in [4.69, 9.17) is 28.9 Å². The van der Waals surface area contributed by atoms with Crippen molar-refractivity contribution in [3.63, 3.8) is 0 Å². The van der Waals surface area contributed by atoms with Crippen molar-refractivity contribution >= 4 is 40.8 Å². The number of halogens is 2. The number of carbonyl (C=O) groups is 2. The van der Waals surface area contributed by atoms with Gasteiger partial charge in [-0.3, -0.25) is 4.79 Å². The van der Waals surface area contributed by atoms with Gasteiger partial charge in [-0.15, -0.1) is 0 Å². The number of piperazine rings is 1. The maximum atomic E-state index is 12.4. The number of urea groups is 1. The van der Waals surface area contributed by atoms with E-state index >= 15 is 0 Å². The van der Waals surface area contributed by atoms with Gasteiger partial charge in [0.2, 0.25) is 5.91 Å². The highest BCUT2D eigenvalue weighted by Gasteiger charge is 2.29. The van der Waals surface area contributed by atoms with E-state index in [9.17, 15) is 9.59 Å². The summed E-state index contributed by atoms with van der Waals surface area (Å²) in [6.45, 7) is 5.89. The third-order valence-corrected chi connectivity index (χ3v) is 5.33. The van der Waals surface area contributed by atoms with E-state index in [2.05, 4.69) is 5.32 Å². The molecule has 3 N–H and O–H groups in total. The lowest BCUT2D eigenvalue weighted by atomic mass is 9.98. The molecule has 3 amide bonds. The predicted molar refractivity (Wildman–Crippen MR) is 101 cm³/mol. The first kappa shape index (κ1) is 19.8. The molecule has 2 atom stereocenters. The molecule has 6 nitrogen and oxygen atoms in total. The van der Waals surface area contributed by atoms with Crippen LogP contribution in [0.15, 0.2) is 18.2 Å². The van der Waals surface area contributed by atoms with Crippen LogP contribution in [0.4, 0.5) is 10.5 Å². The molecule has 0 bridgehead atoms. The van der Waals surface area contributed by atoms with Gasteiger partial charge >= 0.3 is 6.03 Å². The van der Waals surface area contributed by atoms with Gasteiger partial charge in [0.15, 0.2) is 0 Å². The van der Waals surface area contributed by atoms with Gasteiger partial charge in [-0.1, -0.05) is 43.5 Å². The number of nitrogens with zero attached hydrogens (tertiary/aromatic N) is 2. The molecule has 0 unspecified atom stereocenters. The molecule has 1 aliphatic rings. The Labute approximate surface area is 158 Å². The molecule has 1 aliphatic heterocycles. The van der Waals surface area contributed by atoms with E-state index in [0.717, 1.165) is 6.42 Å². The number of hydrogen-bond acceptors (Lipinski definition) is 3. The van der Waals surface area contributed by atoms with Gasteiger partial charge in [0.25, 0.3) is 0 Å². The summed E-state index contributed by atoms with van der Waals surface area (Å²) in [5.74, 6) is 0.0994. The van der Waals surface area contributed by atoms with Crippen molar-refractivity contribution in [3.05, 3.63) is 28.2 Å². The Kier molecular flexibility index (Phi) is 6.93. The predicted octanol–water partition coefficient (Wildman–Crippen LogP) is 3.04. The van der Waals surface area contributed by atoms with Crippen LogP contribution >= 0.6 is 23.2 Å². The zero-order chi connectivity index (χ0) is 18.6. The molecule has 0 saturated carbocycles. The molecule has 1 heterocycles. The molecule has 1 aromatic carbocycles. The van der Waals surface area contributed by atoms with E-state index in [1.165, 1.54) is 0 Å². The summed E-state index contributed by atoms with van der Waals surface area (Å²) < 4.78 is 0. The van der Waals surface area contributed by atoms with Gasteiger partial charge in [-0.05, 0) is 24.1 Å². The van der Waals surface area contributed by atoms with E-state index in [-0.39, 0.29) is 17.9 Å². The molecule has 25 heavy (non-hydrogen) atoms. The molecule has 1 aromatic rings. The Morgan fingerprint density at radius 3 is 2.32 bits per heavy atom. The molecule has 1 fully saturated rings. The van der Waals surface area contributed by atoms with Gasteiger partial charge in [0.05, 0.1) is 16.1 Å². The third-order valence-electron chi connectivity index (χ3n) is 4.59. The molecule has 8 heteroatoms. The zero-order valence-electron chi connectivity index (χ0n) is 14.5. The second-order valence-corrected chi connectivity index (χ2v) is 7.10. The van der Waals surface area contributed by atoms with Crippen molar-refractivity contribution in [3.8, 4) is 0 Å². The number of anilines is 1. The van der Waals surface area contributed by atoms with Crippen LogP contribution in [0.25, 0.3) is 0 Å². The minimum atomic E-state index is -0.485. The molecule has 0 aromatic heterocycles. The Morgan fingerprint density at radius 1 is 1.16 bits per heavy atom. The molecule has 0 radical (unpaired) electrons. The van der Waals surface area contributed by atoms with Gasteiger partial charge in [0.1, 0.15) is 0 Å². The number of nitrogens with two attached hydrogens (primary N) is 1. The van der Waals surface area contributed by atoms with Crippen LogP contribution < -0.4 is 11.1 Å². The summed E-state index contributed by atoms with van der Waals surface area (Å²) in [7, 11) is 0. The first-order valence-electron chi connectivity index (χ1n) is 8.38. The summed E-state index contributed by atoms with van der Waals surface area (Å²) in [6.07, 6.45) is 0.860. The Bertz CT molecular complexity index is 633. The van der Waals surface area contributed by atoms with E-state index < -0.39 is 6.04 Å². The minimum Gasteiger partial charge on any atom is -0.338 e. The second kappa shape index (κ2) is 8.74. The number of carbonyl (C=O) groups excluding carboxylic acids is 2. The topological polar surface area (TPSA) is 78.7 Å². The van der Waals surface area contributed by atoms with E-state index in [0.29, 0.717) is 41.9 Å². The summed E-state index contributed by atoms with van der Waals surface area (Å²) in [5, 5.41) is 3.61. The molecule has 138 valence electrons. The highest BCUT2D eigenvalue weighted by Crippen LogP contribution is 2.25. The number of hydrogen-bond donors (Lipinski definition) is 2. The number of nitrogens with one attached hydrogen (secondary N) is 1. The molecule has 0 aliphatic carbocycles. The smallest absolute Gasteiger partial charge is 0.321 e. The average Bonchev–Trinajstić information content (AvgIpc) is 2.63. The SMILES string of the molecule is CC[C@@H](C)[C@@H](N)C(=O)N1CCN(C(=O)Nc2ccc(Cl)c(Cl)c2)CC1. The zero-order valence-corrected chi connectivity index (χ0v) is 16.0. The van der Waals surface area contributed by atoms with Crippen molar-refractivity contribution in [2.45, 2.75) is 26.3 Å². The Hall–Kier alpha value is -1.50. The third kappa shape index (κ3) is 5.00. The van der Waals surface area contributed by atoms with Crippen LogP contribution in [0.5, 0.6) is 0 Å². The largest absolute Gasteiger partial charge is 0.338 e. The Balaban J connectivity index is 1.87. The standard InChI is InChI=1S/C17H24Cl2N4O2/c1-3-11(2)15(20)16(24)22-6-8-23(9-7-22)17(25)21-12-4-5-13(18)14(19)10-12/h4-5,10-11,15H,3,6-9,20H2,1-2H3,(H,21,25)/t11-,15-/m1/s1. The van der Waals surface area contributed by atoms with Crippen LogP contribution in [-0.2, 0) is 4.79 Å². The van der Waals surface area contributed by atoms with Crippen molar-refractivity contribution in [1.29, 1.82) is 0 Å². The quantitative estimate of drug-likeness (QED) is 0.834. The first-order valence-corrected chi connectivity index (χ1v) is 9.14. The van der Waals surface area contributed by atoms with Crippen molar-refractivity contribution in [2.75, 3.05) is 31.5 Å². The van der Waals surface area contributed by atoms with Crippen LogP contribution in [0.2, 0.25) is 10.0 Å². The van der Waals surface area contributed by atoms with Crippen LogP contribution in [0.3, 0.4) is 0 Å². The maximum absolute atomic E-state index is 12.4. The van der Waals surface area contributed by atoms with Gasteiger partial charge in [-0.2, -0.15) is 0 Å².